The molecule has 0 fully saturated rings. The minimum Gasteiger partial charge on any atom is -0.492 e. The fraction of sp³-hybridized carbons (Fsp3) is 0.182. The van der Waals surface area contributed by atoms with E-state index in [1.807, 2.05) is 0 Å². The molecule has 1 aromatic carbocycles. The van der Waals surface area contributed by atoms with E-state index in [1.54, 1.807) is 24.3 Å². The molecule has 7 heteroatoms. The lowest BCUT2D eigenvalue weighted by atomic mass is 10.3. The monoisotopic (exact) mass is 267 g/mol. The van der Waals surface area contributed by atoms with E-state index in [0.29, 0.717) is 23.9 Å². The average molecular weight is 268 g/mol. The molecule has 0 bridgehead atoms. The molecule has 0 atom stereocenters. The zero-order valence-electron chi connectivity index (χ0n) is 9.28. The first-order valence-electron chi connectivity index (χ1n) is 5.17. The van der Waals surface area contributed by atoms with Gasteiger partial charge in [-0.15, -0.1) is 5.10 Å². The number of carbonyl (C=O) groups is 1. The van der Waals surface area contributed by atoms with Gasteiger partial charge in [-0.1, -0.05) is 16.8 Å². The van der Waals surface area contributed by atoms with Crippen molar-refractivity contribution in [2.24, 2.45) is 0 Å². The fourth-order valence-electron chi connectivity index (χ4n) is 1.29. The number of carboxylic acid groups (broad SMARTS) is 1. The van der Waals surface area contributed by atoms with E-state index in [4.69, 9.17) is 21.4 Å². The predicted molar refractivity (Wildman–Crippen MR) is 63.9 cm³/mol. The molecule has 1 heterocycles. The molecule has 6 nitrogen and oxygen atoms in total. The van der Waals surface area contributed by atoms with Gasteiger partial charge in [0.05, 0.1) is 12.7 Å². The van der Waals surface area contributed by atoms with Gasteiger partial charge in [0.25, 0.3) is 0 Å². The Hall–Kier alpha value is -2.08. The number of halogens is 1. The summed E-state index contributed by atoms with van der Waals surface area (Å²) in [5.74, 6) is -0.405. The number of nitrogens with zero attached hydrogens (tertiary/aromatic N) is 3. The summed E-state index contributed by atoms with van der Waals surface area (Å²) in [6.07, 6.45) is 1.35. The highest BCUT2D eigenvalue weighted by molar-refractivity contribution is 6.30. The second-order valence-electron chi connectivity index (χ2n) is 3.47. The van der Waals surface area contributed by atoms with Crippen molar-refractivity contribution >= 4 is 17.6 Å². The Labute approximate surface area is 108 Å². The van der Waals surface area contributed by atoms with Crippen LogP contribution in [0.5, 0.6) is 5.75 Å². The molecule has 2 aromatic rings. The fourth-order valence-corrected chi connectivity index (χ4v) is 1.42. The Morgan fingerprint density at radius 1 is 1.39 bits per heavy atom. The van der Waals surface area contributed by atoms with Crippen LogP contribution < -0.4 is 4.74 Å². The van der Waals surface area contributed by atoms with Crippen LogP contribution in [-0.4, -0.2) is 32.7 Å². The van der Waals surface area contributed by atoms with E-state index in [1.165, 1.54) is 10.9 Å². The molecule has 0 unspecified atom stereocenters. The van der Waals surface area contributed by atoms with Gasteiger partial charge < -0.3 is 9.84 Å². The van der Waals surface area contributed by atoms with Crippen molar-refractivity contribution in [3.05, 3.63) is 41.2 Å². The molecular weight excluding hydrogens is 258 g/mol. The third-order valence-corrected chi connectivity index (χ3v) is 2.41. The number of carboxylic acids is 1. The number of aromatic nitrogens is 3. The van der Waals surface area contributed by atoms with Crippen LogP contribution in [0.3, 0.4) is 0 Å². The lowest BCUT2D eigenvalue weighted by Gasteiger charge is -2.05. The van der Waals surface area contributed by atoms with Crippen molar-refractivity contribution in [3.63, 3.8) is 0 Å². The summed E-state index contributed by atoms with van der Waals surface area (Å²) >= 11 is 5.74. The zero-order chi connectivity index (χ0) is 13.0. The number of hydrogen-bond acceptors (Lipinski definition) is 4. The molecule has 0 aliphatic rings. The van der Waals surface area contributed by atoms with Crippen molar-refractivity contribution in [2.45, 2.75) is 6.54 Å². The van der Waals surface area contributed by atoms with Crippen molar-refractivity contribution in [1.82, 2.24) is 15.0 Å². The van der Waals surface area contributed by atoms with Gasteiger partial charge in [-0.2, -0.15) is 0 Å². The summed E-state index contributed by atoms with van der Waals surface area (Å²) in [4.78, 5) is 10.6. The summed E-state index contributed by atoms with van der Waals surface area (Å²) in [7, 11) is 0. The average Bonchev–Trinajstić information content (AvgIpc) is 2.81. The molecule has 0 aliphatic carbocycles. The minimum absolute atomic E-state index is 0.0820. The number of ether oxygens (including phenoxy) is 1. The van der Waals surface area contributed by atoms with E-state index < -0.39 is 5.97 Å². The number of hydrogen-bond donors (Lipinski definition) is 1. The molecule has 0 saturated carbocycles. The van der Waals surface area contributed by atoms with Gasteiger partial charge in [0.2, 0.25) is 0 Å². The molecule has 94 valence electrons. The third-order valence-electron chi connectivity index (χ3n) is 2.16. The van der Waals surface area contributed by atoms with Crippen LogP contribution >= 0.6 is 11.6 Å². The number of aromatic carboxylic acids is 1. The Morgan fingerprint density at radius 3 is 2.72 bits per heavy atom. The van der Waals surface area contributed by atoms with Crippen molar-refractivity contribution in [1.29, 1.82) is 0 Å². The minimum atomic E-state index is -1.10. The topological polar surface area (TPSA) is 77.2 Å². The number of benzene rings is 1. The van der Waals surface area contributed by atoms with Gasteiger partial charge in [-0.05, 0) is 24.3 Å². The van der Waals surface area contributed by atoms with Gasteiger partial charge >= 0.3 is 5.97 Å². The summed E-state index contributed by atoms with van der Waals surface area (Å²) < 4.78 is 6.86. The van der Waals surface area contributed by atoms with E-state index in [0.717, 1.165) is 0 Å². The highest BCUT2D eigenvalue weighted by Gasteiger charge is 2.07. The molecule has 0 saturated heterocycles. The second-order valence-corrected chi connectivity index (χ2v) is 3.91. The Morgan fingerprint density at radius 2 is 2.11 bits per heavy atom. The van der Waals surface area contributed by atoms with Gasteiger partial charge in [-0.3, -0.25) is 0 Å². The first-order valence-corrected chi connectivity index (χ1v) is 5.55. The molecule has 0 aliphatic heterocycles. The van der Waals surface area contributed by atoms with Crippen molar-refractivity contribution in [3.8, 4) is 5.75 Å². The molecule has 0 amide bonds. The van der Waals surface area contributed by atoms with Crippen LogP contribution in [0, 0.1) is 0 Å². The van der Waals surface area contributed by atoms with Gasteiger partial charge in [0.15, 0.2) is 5.69 Å². The highest BCUT2D eigenvalue weighted by Crippen LogP contribution is 2.15. The van der Waals surface area contributed by atoms with Gasteiger partial charge in [-0.25, -0.2) is 9.48 Å². The van der Waals surface area contributed by atoms with Crippen LogP contribution in [0.1, 0.15) is 10.5 Å². The third kappa shape index (κ3) is 3.21. The standard InChI is InChI=1S/C11H10ClN3O3/c12-8-1-3-9(4-2-8)18-6-5-15-7-10(11(16)17)13-14-15/h1-4,7H,5-6H2,(H,16,17). The number of rotatable bonds is 5. The zero-order valence-corrected chi connectivity index (χ0v) is 10.0. The Balaban J connectivity index is 1.84. The summed E-state index contributed by atoms with van der Waals surface area (Å²) in [5.41, 5.74) is -0.0820. The summed E-state index contributed by atoms with van der Waals surface area (Å²) in [6, 6.07) is 6.97. The van der Waals surface area contributed by atoms with E-state index in [2.05, 4.69) is 10.3 Å². The SMILES string of the molecule is O=C(O)c1cn(CCOc2ccc(Cl)cc2)nn1. The van der Waals surface area contributed by atoms with Crippen molar-refractivity contribution in [2.75, 3.05) is 6.61 Å². The first kappa shape index (κ1) is 12.4. The molecule has 0 spiro atoms. The van der Waals surface area contributed by atoms with E-state index in [-0.39, 0.29) is 5.69 Å². The molecule has 0 radical (unpaired) electrons. The van der Waals surface area contributed by atoms with Crippen molar-refractivity contribution < 1.29 is 14.6 Å². The van der Waals surface area contributed by atoms with E-state index in [9.17, 15) is 4.79 Å². The Bertz CT molecular complexity index is 539. The first-order chi connectivity index (χ1) is 8.65. The van der Waals surface area contributed by atoms with Gasteiger partial charge in [0.1, 0.15) is 12.4 Å². The largest absolute Gasteiger partial charge is 0.492 e. The quantitative estimate of drug-likeness (QED) is 0.892. The lowest BCUT2D eigenvalue weighted by Crippen LogP contribution is -2.08. The second kappa shape index (κ2) is 5.50. The van der Waals surface area contributed by atoms with Crippen LogP contribution in [-0.2, 0) is 6.54 Å². The normalized spacial score (nSPS) is 10.3. The van der Waals surface area contributed by atoms with Crippen LogP contribution in [0.4, 0.5) is 0 Å². The lowest BCUT2D eigenvalue weighted by molar-refractivity contribution is 0.0690. The molecule has 1 N–H and O–H groups in total. The summed E-state index contributed by atoms with van der Waals surface area (Å²) in [5, 5.41) is 16.5. The smallest absolute Gasteiger partial charge is 0.358 e. The van der Waals surface area contributed by atoms with Crippen LogP contribution in [0.2, 0.25) is 5.02 Å². The maximum atomic E-state index is 10.6. The molecule has 2 rings (SSSR count). The maximum absolute atomic E-state index is 10.6. The van der Waals surface area contributed by atoms with Gasteiger partial charge in [0, 0.05) is 5.02 Å². The summed E-state index contributed by atoms with van der Waals surface area (Å²) in [6.45, 7) is 0.785. The highest BCUT2D eigenvalue weighted by atomic mass is 35.5. The molecule has 18 heavy (non-hydrogen) atoms. The molecule has 1 aromatic heterocycles. The predicted octanol–water partition coefficient (Wildman–Crippen LogP) is 1.71. The Kier molecular flexibility index (Phi) is 3.78. The van der Waals surface area contributed by atoms with E-state index >= 15 is 0 Å². The van der Waals surface area contributed by atoms with Crippen LogP contribution in [0.15, 0.2) is 30.5 Å². The maximum Gasteiger partial charge on any atom is 0.358 e. The van der Waals surface area contributed by atoms with Crippen LogP contribution in [0.25, 0.3) is 0 Å². The molecular formula is C11H10ClN3O3.